The number of rotatable bonds is 6. The van der Waals surface area contributed by atoms with Crippen molar-refractivity contribution in [3.63, 3.8) is 0 Å². The Morgan fingerprint density at radius 3 is 2.52 bits per heavy atom. The van der Waals surface area contributed by atoms with Crippen LogP contribution in [0.25, 0.3) is 0 Å². The molecule has 1 unspecified atom stereocenters. The number of halogens is 1. The molecule has 0 saturated carbocycles. The van der Waals surface area contributed by atoms with Crippen LogP contribution in [0, 0.1) is 0 Å². The average molecular weight is 372 g/mol. The Morgan fingerprint density at radius 1 is 1.16 bits per heavy atom. The van der Waals surface area contributed by atoms with Crippen molar-refractivity contribution in [3.8, 4) is 0 Å². The Kier molecular flexibility index (Phi) is 5.68. The van der Waals surface area contributed by atoms with Crippen LogP contribution >= 0.6 is 22.9 Å². The summed E-state index contributed by atoms with van der Waals surface area (Å²) >= 11 is 7.27. The molecule has 2 N–H and O–H groups in total. The van der Waals surface area contributed by atoms with Crippen molar-refractivity contribution in [1.29, 1.82) is 0 Å². The van der Waals surface area contributed by atoms with Gasteiger partial charge in [-0.05, 0) is 36.8 Å². The molecule has 1 heterocycles. The topological polar surface area (TPSA) is 54.0 Å². The van der Waals surface area contributed by atoms with Crippen molar-refractivity contribution < 1.29 is 4.79 Å². The zero-order valence-corrected chi connectivity index (χ0v) is 15.3. The number of hydrogen-bond acceptors (Lipinski definition) is 4. The Hall–Kier alpha value is -2.37. The molecule has 0 radical (unpaired) electrons. The van der Waals surface area contributed by atoms with Gasteiger partial charge in [-0.3, -0.25) is 4.79 Å². The number of nitrogens with zero attached hydrogens (tertiary/aromatic N) is 1. The molecule has 25 heavy (non-hydrogen) atoms. The van der Waals surface area contributed by atoms with Crippen molar-refractivity contribution >= 4 is 34.5 Å². The van der Waals surface area contributed by atoms with Gasteiger partial charge in [0.05, 0.1) is 12.6 Å². The van der Waals surface area contributed by atoms with E-state index in [0.717, 1.165) is 16.1 Å². The Bertz CT molecular complexity index is 833. The number of carbonyl (C=O) groups is 1. The predicted octanol–water partition coefficient (Wildman–Crippen LogP) is 4.90. The summed E-state index contributed by atoms with van der Waals surface area (Å²) in [7, 11) is 0. The molecule has 1 amide bonds. The lowest BCUT2D eigenvalue weighted by Gasteiger charge is -2.14. The fraction of sp³-hybridized carbons (Fsp3) is 0.158. The van der Waals surface area contributed by atoms with Crippen LogP contribution < -0.4 is 10.6 Å². The Morgan fingerprint density at radius 2 is 1.88 bits per heavy atom. The summed E-state index contributed by atoms with van der Waals surface area (Å²) in [6, 6.07) is 17.3. The summed E-state index contributed by atoms with van der Waals surface area (Å²) in [5.41, 5.74) is 2.66. The van der Waals surface area contributed by atoms with Crippen molar-refractivity contribution in [3.05, 3.63) is 81.3 Å². The lowest BCUT2D eigenvalue weighted by Crippen LogP contribution is -2.26. The number of benzene rings is 2. The first-order valence-corrected chi connectivity index (χ1v) is 9.11. The van der Waals surface area contributed by atoms with E-state index in [2.05, 4.69) is 15.6 Å². The quantitative estimate of drug-likeness (QED) is 0.648. The smallest absolute Gasteiger partial charge is 0.251 e. The highest BCUT2D eigenvalue weighted by atomic mass is 35.5. The number of thiazole rings is 1. The van der Waals surface area contributed by atoms with Crippen LogP contribution in [-0.2, 0) is 6.54 Å². The van der Waals surface area contributed by atoms with Crippen LogP contribution in [0.5, 0.6) is 0 Å². The first-order valence-electron chi connectivity index (χ1n) is 7.92. The van der Waals surface area contributed by atoms with Gasteiger partial charge in [-0.2, -0.15) is 0 Å². The van der Waals surface area contributed by atoms with E-state index in [4.69, 9.17) is 11.6 Å². The van der Waals surface area contributed by atoms with Crippen molar-refractivity contribution in [2.24, 2.45) is 0 Å². The van der Waals surface area contributed by atoms with E-state index >= 15 is 0 Å². The summed E-state index contributed by atoms with van der Waals surface area (Å²) < 4.78 is 0.538. The molecule has 0 aliphatic rings. The van der Waals surface area contributed by atoms with Gasteiger partial charge in [-0.15, -0.1) is 11.3 Å². The third kappa shape index (κ3) is 4.81. The highest BCUT2D eigenvalue weighted by Gasteiger charge is 2.11. The fourth-order valence-corrected chi connectivity index (χ4v) is 3.32. The van der Waals surface area contributed by atoms with Crippen LogP contribution in [-0.4, -0.2) is 10.9 Å². The molecule has 6 heteroatoms. The van der Waals surface area contributed by atoms with Crippen LogP contribution in [0.15, 0.2) is 60.8 Å². The van der Waals surface area contributed by atoms with E-state index in [1.54, 1.807) is 6.20 Å². The fourth-order valence-electron chi connectivity index (χ4n) is 2.40. The van der Waals surface area contributed by atoms with Crippen molar-refractivity contribution in [2.75, 3.05) is 5.32 Å². The molecule has 1 aromatic heterocycles. The maximum Gasteiger partial charge on any atom is 0.251 e. The first kappa shape index (κ1) is 17.5. The molecule has 3 aromatic rings. The number of anilines is 1. The van der Waals surface area contributed by atoms with Gasteiger partial charge in [0.1, 0.15) is 0 Å². The largest absolute Gasteiger partial charge is 0.380 e. The summed E-state index contributed by atoms with van der Waals surface area (Å²) in [4.78, 5) is 17.4. The maximum absolute atomic E-state index is 12.4. The summed E-state index contributed by atoms with van der Waals surface area (Å²) in [6.07, 6.45) is 1.76. The monoisotopic (exact) mass is 371 g/mol. The molecule has 0 aliphatic heterocycles. The SMILES string of the molecule is CC(NC(=O)c1ccc(NCc2cnc(Cl)s2)cc1)c1ccccc1. The third-order valence-corrected chi connectivity index (χ3v) is 4.90. The Labute approximate surface area is 155 Å². The number of carbonyl (C=O) groups excluding carboxylic acids is 1. The number of nitrogens with one attached hydrogen (secondary N) is 2. The standard InChI is InChI=1S/C19H18ClN3OS/c1-13(14-5-3-2-4-6-14)23-18(24)15-7-9-16(10-8-15)21-11-17-12-22-19(20)25-17/h2-10,12-13,21H,11H2,1H3,(H,23,24). The van der Waals surface area contributed by atoms with Gasteiger partial charge in [-0.1, -0.05) is 41.9 Å². The molecule has 2 aromatic carbocycles. The van der Waals surface area contributed by atoms with Crippen LogP contribution in [0.1, 0.15) is 33.8 Å². The minimum Gasteiger partial charge on any atom is -0.380 e. The molecule has 128 valence electrons. The highest BCUT2D eigenvalue weighted by Crippen LogP contribution is 2.19. The molecular formula is C19H18ClN3OS. The molecule has 0 saturated heterocycles. The van der Waals surface area contributed by atoms with Crippen LogP contribution in [0.2, 0.25) is 4.47 Å². The van der Waals surface area contributed by atoms with Crippen molar-refractivity contribution in [2.45, 2.75) is 19.5 Å². The molecule has 1 atom stereocenters. The van der Waals surface area contributed by atoms with Gasteiger partial charge < -0.3 is 10.6 Å². The van der Waals surface area contributed by atoms with Gasteiger partial charge in [-0.25, -0.2) is 4.98 Å². The van der Waals surface area contributed by atoms with Gasteiger partial charge in [0.25, 0.3) is 5.91 Å². The highest BCUT2D eigenvalue weighted by molar-refractivity contribution is 7.15. The van der Waals surface area contributed by atoms with Gasteiger partial charge >= 0.3 is 0 Å². The van der Waals surface area contributed by atoms with E-state index in [1.807, 2.05) is 61.5 Å². The van der Waals surface area contributed by atoms with E-state index < -0.39 is 0 Å². The number of aromatic nitrogens is 1. The predicted molar refractivity (Wildman–Crippen MR) is 103 cm³/mol. The van der Waals surface area contributed by atoms with Gasteiger partial charge in [0, 0.05) is 22.3 Å². The molecule has 0 aliphatic carbocycles. The number of hydrogen-bond donors (Lipinski definition) is 2. The second-order valence-corrected chi connectivity index (χ2v) is 7.31. The van der Waals surface area contributed by atoms with E-state index in [0.29, 0.717) is 16.6 Å². The normalized spacial score (nSPS) is 11.8. The lowest BCUT2D eigenvalue weighted by molar-refractivity contribution is 0.0940. The maximum atomic E-state index is 12.4. The van der Waals surface area contributed by atoms with Gasteiger partial charge in [0.15, 0.2) is 4.47 Å². The molecule has 3 rings (SSSR count). The van der Waals surface area contributed by atoms with Crippen molar-refractivity contribution in [1.82, 2.24) is 10.3 Å². The molecular weight excluding hydrogens is 354 g/mol. The summed E-state index contributed by atoms with van der Waals surface area (Å²) in [6.45, 7) is 2.63. The Balaban J connectivity index is 1.57. The zero-order chi connectivity index (χ0) is 17.6. The molecule has 4 nitrogen and oxygen atoms in total. The lowest BCUT2D eigenvalue weighted by atomic mass is 10.1. The van der Waals surface area contributed by atoms with E-state index in [9.17, 15) is 4.79 Å². The van der Waals surface area contributed by atoms with Crippen LogP contribution in [0.3, 0.4) is 0 Å². The van der Waals surface area contributed by atoms with E-state index in [-0.39, 0.29) is 11.9 Å². The molecule has 0 fully saturated rings. The van der Waals surface area contributed by atoms with Crippen LogP contribution in [0.4, 0.5) is 5.69 Å². The minimum atomic E-state index is -0.0860. The summed E-state index contributed by atoms with van der Waals surface area (Å²) in [5, 5.41) is 6.30. The zero-order valence-electron chi connectivity index (χ0n) is 13.7. The second kappa shape index (κ2) is 8.14. The van der Waals surface area contributed by atoms with Gasteiger partial charge in [0.2, 0.25) is 0 Å². The third-order valence-electron chi connectivity index (χ3n) is 3.79. The first-order chi connectivity index (χ1) is 12.1. The number of amides is 1. The van der Waals surface area contributed by atoms with E-state index in [1.165, 1.54) is 11.3 Å². The second-order valence-electron chi connectivity index (χ2n) is 5.62. The molecule has 0 spiro atoms. The average Bonchev–Trinajstić information content (AvgIpc) is 3.06. The minimum absolute atomic E-state index is 0.0393. The molecule has 0 bridgehead atoms. The summed E-state index contributed by atoms with van der Waals surface area (Å²) in [5.74, 6) is -0.0860.